The van der Waals surface area contributed by atoms with E-state index in [1.807, 2.05) is 0 Å². The van der Waals surface area contributed by atoms with Gasteiger partial charge in [0.2, 0.25) is 0 Å². The summed E-state index contributed by atoms with van der Waals surface area (Å²) in [5.74, 6) is 3.11. The van der Waals surface area contributed by atoms with E-state index >= 15 is 0 Å². The van der Waals surface area contributed by atoms with Crippen molar-refractivity contribution in [2.24, 2.45) is 63.1 Å². The maximum absolute atomic E-state index is 12.8. The van der Waals surface area contributed by atoms with E-state index in [0.29, 0.717) is 35.5 Å². The van der Waals surface area contributed by atoms with Crippen LogP contribution in [-0.4, -0.2) is 22.3 Å². The summed E-state index contributed by atoms with van der Waals surface area (Å²) >= 11 is 0. The van der Waals surface area contributed by atoms with Gasteiger partial charge in [-0.25, -0.2) is 0 Å². The van der Waals surface area contributed by atoms with Gasteiger partial charge in [0.05, 0.1) is 11.5 Å². The Morgan fingerprint density at radius 2 is 1.67 bits per heavy atom. The number of aliphatic hydroxyl groups excluding tert-OH is 1. The first-order chi connectivity index (χ1) is 15.3. The van der Waals surface area contributed by atoms with Crippen LogP contribution < -0.4 is 0 Å². The smallest absolute Gasteiger partial charge is 0.310 e. The topological polar surface area (TPSA) is 57.5 Å². The van der Waals surface area contributed by atoms with E-state index in [2.05, 4.69) is 54.5 Å². The maximum atomic E-state index is 12.8. The summed E-state index contributed by atoms with van der Waals surface area (Å²) in [6.07, 6.45) is 10.5. The molecular weight excluding hydrogens is 408 g/mol. The highest BCUT2D eigenvalue weighted by Gasteiger charge is 2.67. The molecule has 0 amide bonds. The normalized spacial score (nSPS) is 55.3. The van der Waals surface area contributed by atoms with Crippen molar-refractivity contribution < 1.29 is 15.0 Å². The van der Waals surface area contributed by atoms with Crippen molar-refractivity contribution in [2.75, 3.05) is 0 Å². The first-order valence-corrected chi connectivity index (χ1v) is 13.9. The maximum Gasteiger partial charge on any atom is 0.310 e. The van der Waals surface area contributed by atoms with Gasteiger partial charge in [0.25, 0.3) is 0 Å². The van der Waals surface area contributed by atoms with E-state index in [9.17, 15) is 15.0 Å². The largest absolute Gasteiger partial charge is 0.481 e. The molecule has 4 fully saturated rings. The average molecular weight is 457 g/mol. The van der Waals surface area contributed by atoms with Gasteiger partial charge in [0.15, 0.2) is 0 Å². The van der Waals surface area contributed by atoms with Gasteiger partial charge < -0.3 is 10.2 Å². The minimum Gasteiger partial charge on any atom is -0.481 e. The second kappa shape index (κ2) is 7.34. The predicted molar refractivity (Wildman–Crippen MR) is 133 cm³/mol. The lowest BCUT2D eigenvalue weighted by Gasteiger charge is -2.68. The molecule has 3 nitrogen and oxygen atoms in total. The fraction of sp³-hybridized carbons (Fsp3) is 0.900. The number of hydrogen-bond donors (Lipinski definition) is 2. The zero-order valence-corrected chi connectivity index (χ0v) is 22.2. The van der Waals surface area contributed by atoms with Gasteiger partial charge in [0.1, 0.15) is 0 Å². The van der Waals surface area contributed by atoms with Gasteiger partial charge >= 0.3 is 5.97 Å². The number of fused-ring (bicyclic) bond motifs is 7. The zero-order valence-electron chi connectivity index (χ0n) is 22.2. The quantitative estimate of drug-likeness (QED) is 0.420. The fourth-order valence-corrected chi connectivity index (χ4v) is 10.8. The average Bonchev–Trinajstić information content (AvgIpc) is 2.75. The summed E-state index contributed by atoms with van der Waals surface area (Å²) in [5.41, 5.74) is 1.32. The minimum atomic E-state index is -0.550. The molecule has 33 heavy (non-hydrogen) atoms. The second-order valence-electron chi connectivity index (χ2n) is 14.4. The van der Waals surface area contributed by atoms with E-state index in [1.165, 1.54) is 12.0 Å². The molecule has 5 aliphatic carbocycles. The molecule has 0 bridgehead atoms. The number of hydrogen-bond acceptors (Lipinski definition) is 2. The monoisotopic (exact) mass is 456 g/mol. The van der Waals surface area contributed by atoms with Crippen molar-refractivity contribution in [1.82, 2.24) is 0 Å². The summed E-state index contributed by atoms with van der Waals surface area (Å²) in [4.78, 5) is 12.8. The number of carboxylic acids is 1. The van der Waals surface area contributed by atoms with Crippen LogP contribution in [0.2, 0.25) is 0 Å². The standard InChI is InChI=1S/C30H48O3/c1-17-10-13-30(26(32)33)15-14-29(7)21(25(30)19(17)3)9-8-20-24(29)18(2)16-22-27(4,5)23(31)11-12-28(20,22)6/h9,17-20,22-25,31H,8,10-16H2,1-7H3,(H,32,33)/t17-,18+,19+,20?,22+,23?,24?,25?,28?,29-,30+/m1/s1. The lowest BCUT2D eigenvalue weighted by molar-refractivity contribution is -0.191. The zero-order chi connectivity index (χ0) is 24.1. The molecular formula is C30H48O3. The molecule has 0 aromatic heterocycles. The molecule has 0 aromatic carbocycles. The summed E-state index contributed by atoms with van der Waals surface area (Å²) in [6.45, 7) is 16.9. The number of allylic oxidation sites excluding steroid dienone is 2. The van der Waals surface area contributed by atoms with E-state index in [4.69, 9.17) is 0 Å². The van der Waals surface area contributed by atoms with Crippen molar-refractivity contribution in [3.63, 3.8) is 0 Å². The van der Waals surface area contributed by atoms with Crippen LogP contribution in [-0.2, 0) is 4.79 Å². The third-order valence-corrected chi connectivity index (χ3v) is 12.9. The molecule has 11 atom stereocenters. The number of aliphatic hydroxyl groups is 1. The minimum absolute atomic E-state index is 0.0323. The summed E-state index contributed by atoms with van der Waals surface area (Å²) in [7, 11) is 0. The third kappa shape index (κ3) is 2.93. The summed E-state index contributed by atoms with van der Waals surface area (Å²) in [6, 6.07) is 0. The molecule has 186 valence electrons. The van der Waals surface area contributed by atoms with Crippen molar-refractivity contribution >= 4 is 5.97 Å². The lowest BCUT2D eigenvalue weighted by Crippen LogP contribution is -2.63. The molecule has 5 aliphatic rings. The van der Waals surface area contributed by atoms with Gasteiger partial charge in [-0.05, 0) is 109 Å². The van der Waals surface area contributed by atoms with Crippen LogP contribution in [0.5, 0.6) is 0 Å². The Bertz CT molecular complexity index is 859. The fourth-order valence-electron chi connectivity index (χ4n) is 10.8. The highest BCUT2D eigenvalue weighted by atomic mass is 16.4. The molecule has 0 radical (unpaired) electrons. The van der Waals surface area contributed by atoms with Crippen LogP contribution >= 0.6 is 0 Å². The molecule has 5 unspecified atom stereocenters. The van der Waals surface area contributed by atoms with Gasteiger partial charge in [-0.15, -0.1) is 0 Å². The lowest BCUT2D eigenvalue weighted by atomic mass is 9.36. The van der Waals surface area contributed by atoms with Crippen LogP contribution in [0, 0.1) is 63.1 Å². The Hall–Kier alpha value is -0.830. The summed E-state index contributed by atoms with van der Waals surface area (Å²) in [5, 5.41) is 21.4. The molecule has 5 rings (SSSR count). The Morgan fingerprint density at radius 1 is 0.970 bits per heavy atom. The molecule has 0 aliphatic heterocycles. The van der Waals surface area contributed by atoms with Crippen LogP contribution in [0.3, 0.4) is 0 Å². The SMILES string of the molecule is C[C@@H]1CC[C@]2(C(=O)O)CC[C@]3(C)C(=CCC4C3[C@@H](C)C[C@H]3C(C)(C)C(O)CCC43C)C2[C@H]1C. The molecule has 0 aromatic rings. The highest BCUT2D eigenvalue weighted by molar-refractivity contribution is 5.76. The van der Waals surface area contributed by atoms with Crippen LogP contribution in [0.1, 0.15) is 99.8 Å². The molecule has 0 spiro atoms. The van der Waals surface area contributed by atoms with Gasteiger partial charge in [0, 0.05) is 0 Å². The van der Waals surface area contributed by atoms with Gasteiger partial charge in [-0.2, -0.15) is 0 Å². The highest BCUT2D eigenvalue weighted by Crippen LogP contribution is 2.72. The van der Waals surface area contributed by atoms with Gasteiger partial charge in [-0.1, -0.05) is 60.1 Å². The molecule has 0 heterocycles. The third-order valence-electron chi connectivity index (χ3n) is 12.9. The predicted octanol–water partition coefficient (Wildman–Crippen LogP) is 6.95. The first-order valence-electron chi connectivity index (χ1n) is 13.9. The van der Waals surface area contributed by atoms with Crippen molar-refractivity contribution in [3.05, 3.63) is 11.6 Å². The number of carbonyl (C=O) groups is 1. The van der Waals surface area contributed by atoms with Crippen LogP contribution in [0.4, 0.5) is 0 Å². The Labute approximate surface area is 201 Å². The molecule has 4 saturated carbocycles. The Kier molecular flexibility index (Phi) is 5.31. The van der Waals surface area contributed by atoms with Crippen LogP contribution in [0.15, 0.2) is 11.6 Å². The van der Waals surface area contributed by atoms with E-state index < -0.39 is 11.4 Å². The Balaban J connectivity index is 1.60. The van der Waals surface area contributed by atoms with E-state index in [-0.39, 0.29) is 28.3 Å². The number of carboxylic acid groups (broad SMARTS) is 1. The first kappa shape index (κ1) is 23.9. The number of rotatable bonds is 1. The Morgan fingerprint density at radius 3 is 2.33 bits per heavy atom. The van der Waals surface area contributed by atoms with Crippen molar-refractivity contribution in [1.29, 1.82) is 0 Å². The molecule has 2 N–H and O–H groups in total. The number of aliphatic carboxylic acids is 1. The van der Waals surface area contributed by atoms with Gasteiger partial charge in [-0.3, -0.25) is 4.79 Å². The second-order valence-corrected chi connectivity index (χ2v) is 14.4. The molecule has 3 heteroatoms. The van der Waals surface area contributed by atoms with Crippen molar-refractivity contribution in [3.8, 4) is 0 Å². The van der Waals surface area contributed by atoms with E-state index in [1.54, 1.807) is 0 Å². The van der Waals surface area contributed by atoms with Crippen molar-refractivity contribution in [2.45, 2.75) is 106 Å². The molecule has 0 saturated heterocycles. The summed E-state index contributed by atoms with van der Waals surface area (Å²) < 4.78 is 0. The van der Waals surface area contributed by atoms with Crippen LogP contribution in [0.25, 0.3) is 0 Å². The van der Waals surface area contributed by atoms with E-state index in [0.717, 1.165) is 44.9 Å².